The molecule has 0 amide bonds. The molecule has 0 radical (unpaired) electrons. The summed E-state index contributed by atoms with van der Waals surface area (Å²) in [5, 5.41) is 10.1. The van der Waals surface area contributed by atoms with Gasteiger partial charge in [-0.15, -0.1) is 0 Å². The molecular formula is C12H5F4I2O6-. The summed E-state index contributed by atoms with van der Waals surface area (Å²) >= 11 is 3.27. The standard InChI is InChI=1S/C12H6F4I2O6/c1-23-8(19)5-2-4(17)3-6(18)7(5)24-10(22)12(15,16)11(13,14)9(20)21/h2-3H,1H3,(H,20,21)/p-1. The maximum absolute atomic E-state index is 13.4. The second-order valence-corrected chi connectivity index (χ2v) is 6.49. The fourth-order valence-electron chi connectivity index (χ4n) is 1.34. The molecule has 0 heterocycles. The van der Waals surface area contributed by atoms with Gasteiger partial charge in [0.05, 0.1) is 10.7 Å². The number of hydrogen-bond acceptors (Lipinski definition) is 6. The maximum atomic E-state index is 13.4. The minimum Gasteiger partial charge on any atom is -0.544 e. The van der Waals surface area contributed by atoms with Crippen LogP contribution in [0.25, 0.3) is 0 Å². The number of ether oxygens (including phenoxy) is 2. The van der Waals surface area contributed by atoms with Crippen LogP contribution in [0.2, 0.25) is 0 Å². The van der Waals surface area contributed by atoms with Gasteiger partial charge in [-0.1, -0.05) is 0 Å². The Kier molecular flexibility index (Phi) is 6.40. The van der Waals surface area contributed by atoms with Crippen LogP contribution in [-0.2, 0) is 14.3 Å². The molecule has 0 unspecified atom stereocenters. The van der Waals surface area contributed by atoms with Crippen LogP contribution >= 0.6 is 45.2 Å². The van der Waals surface area contributed by atoms with Crippen LogP contribution in [0.5, 0.6) is 5.75 Å². The van der Waals surface area contributed by atoms with E-state index in [0.29, 0.717) is 3.57 Å². The van der Waals surface area contributed by atoms with Crippen molar-refractivity contribution in [2.24, 2.45) is 0 Å². The summed E-state index contributed by atoms with van der Waals surface area (Å²) in [5.41, 5.74) is -0.477. The molecule has 0 saturated heterocycles. The second kappa shape index (κ2) is 7.37. The van der Waals surface area contributed by atoms with Crippen LogP contribution in [0.1, 0.15) is 10.4 Å². The van der Waals surface area contributed by atoms with Gasteiger partial charge in [-0.3, -0.25) is 0 Å². The molecule has 0 N–H and O–H groups in total. The lowest BCUT2D eigenvalue weighted by Crippen LogP contribution is -2.58. The van der Waals surface area contributed by atoms with E-state index in [9.17, 15) is 37.1 Å². The zero-order chi connectivity index (χ0) is 18.9. The Morgan fingerprint density at radius 1 is 1.08 bits per heavy atom. The van der Waals surface area contributed by atoms with Crippen LogP contribution < -0.4 is 9.84 Å². The molecular weight excluding hydrogens is 570 g/mol. The second-order valence-electron chi connectivity index (χ2n) is 4.08. The summed E-state index contributed by atoms with van der Waals surface area (Å²) < 4.78 is 61.7. The van der Waals surface area contributed by atoms with Crippen molar-refractivity contribution in [2.75, 3.05) is 7.11 Å². The van der Waals surface area contributed by atoms with E-state index < -0.39 is 41.1 Å². The third-order valence-electron chi connectivity index (χ3n) is 2.52. The molecule has 132 valence electrons. The Labute approximate surface area is 158 Å². The van der Waals surface area contributed by atoms with E-state index >= 15 is 0 Å². The summed E-state index contributed by atoms with van der Waals surface area (Å²) in [6.07, 6.45) is 0. The normalized spacial score (nSPS) is 11.8. The molecule has 24 heavy (non-hydrogen) atoms. The van der Waals surface area contributed by atoms with Crippen LogP contribution in [0.15, 0.2) is 12.1 Å². The first kappa shape index (κ1) is 20.9. The molecule has 0 atom stereocenters. The van der Waals surface area contributed by atoms with Gasteiger partial charge in [0, 0.05) is 3.57 Å². The Hall–Kier alpha value is -1.19. The zero-order valence-electron chi connectivity index (χ0n) is 11.4. The molecule has 0 aliphatic rings. The van der Waals surface area contributed by atoms with Gasteiger partial charge < -0.3 is 19.4 Å². The maximum Gasteiger partial charge on any atom is 0.410 e. The third kappa shape index (κ3) is 3.89. The number of hydrogen-bond donors (Lipinski definition) is 0. The van der Waals surface area contributed by atoms with Crippen LogP contribution in [0.3, 0.4) is 0 Å². The van der Waals surface area contributed by atoms with E-state index in [1.807, 2.05) is 0 Å². The molecule has 12 heteroatoms. The van der Waals surface area contributed by atoms with Gasteiger partial charge in [-0.2, -0.15) is 17.6 Å². The average molecular weight is 575 g/mol. The smallest absolute Gasteiger partial charge is 0.410 e. The fourth-order valence-corrected chi connectivity index (χ4v) is 3.29. The lowest BCUT2D eigenvalue weighted by atomic mass is 10.1. The van der Waals surface area contributed by atoms with Crippen LogP contribution in [0, 0.1) is 7.14 Å². The van der Waals surface area contributed by atoms with Gasteiger partial charge in [0.1, 0.15) is 11.5 Å². The highest BCUT2D eigenvalue weighted by Gasteiger charge is 2.65. The van der Waals surface area contributed by atoms with Gasteiger partial charge in [-0.05, 0) is 57.3 Å². The Balaban J connectivity index is 3.34. The molecule has 0 aliphatic heterocycles. The van der Waals surface area contributed by atoms with Crippen molar-refractivity contribution in [3.63, 3.8) is 0 Å². The molecule has 1 aromatic carbocycles. The molecule has 0 aromatic heterocycles. The SMILES string of the molecule is COC(=O)c1cc(I)cc(I)c1OC(=O)C(F)(F)C(F)(F)C(=O)[O-]. The predicted octanol–water partition coefficient (Wildman–Crippen LogP) is 1.61. The number of carbonyl (C=O) groups excluding carboxylic acids is 3. The van der Waals surface area contributed by atoms with E-state index in [-0.39, 0.29) is 3.57 Å². The Bertz CT molecular complexity index is 707. The van der Waals surface area contributed by atoms with Crippen LogP contribution in [-0.4, -0.2) is 36.9 Å². The fraction of sp³-hybridized carbons (Fsp3) is 0.250. The number of aliphatic carboxylic acids is 1. The van der Waals surface area contributed by atoms with Crippen molar-refractivity contribution in [2.45, 2.75) is 11.8 Å². The summed E-state index contributed by atoms with van der Waals surface area (Å²) in [5.74, 6) is -19.7. The first-order chi connectivity index (χ1) is 10.9. The predicted molar refractivity (Wildman–Crippen MR) is 83.8 cm³/mol. The molecule has 0 fully saturated rings. The van der Waals surface area contributed by atoms with Crippen molar-refractivity contribution in [1.82, 2.24) is 0 Å². The van der Waals surface area contributed by atoms with E-state index in [0.717, 1.165) is 13.2 Å². The Morgan fingerprint density at radius 2 is 1.62 bits per heavy atom. The van der Waals surface area contributed by atoms with Gasteiger partial charge in [0.2, 0.25) is 0 Å². The van der Waals surface area contributed by atoms with Crippen molar-refractivity contribution >= 4 is 63.1 Å². The summed E-state index contributed by atoms with van der Waals surface area (Å²) in [6, 6.07) is 2.40. The number of carboxylic acid groups (broad SMARTS) is 1. The van der Waals surface area contributed by atoms with Gasteiger partial charge in [0.15, 0.2) is 5.75 Å². The van der Waals surface area contributed by atoms with Gasteiger partial charge in [-0.25, -0.2) is 9.59 Å². The monoisotopic (exact) mass is 575 g/mol. The Morgan fingerprint density at radius 3 is 2.08 bits per heavy atom. The van der Waals surface area contributed by atoms with Gasteiger partial charge in [0.25, 0.3) is 0 Å². The molecule has 1 aromatic rings. The number of halogens is 6. The number of carboxylic acids is 1. The highest BCUT2D eigenvalue weighted by molar-refractivity contribution is 14.1. The number of benzene rings is 1. The topological polar surface area (TPSA) is 92.7 Å². The van der Waals surface area contributed by atoms with E-state index in [2.05, 4.69) is 9.47 Å². The third-order valence-corrected chi connectivity index (χ3v) is 3.94. The highest BCUT2D eigenvalue weighted by Crippen LogP contribution is 2.37. The summed E-state index contributed by atoms with van der Waals surface area (Å²) in [7, 11) is 0.958. The highest BCUT2D eigenvalue weighted by atomic mass is 127. The molecule has 0 spiro atoms. The van der Waals surface area contributed by atoms with E-state index in [1.165, 1.54) is 28.7 Å². The number of alkyl halides is 4. The minimum atomic E-state index is -5.80. The number of methoxy groups -OCH3 is 1. The molecule has 6 nitrogen and oxygen atoms in total. The number of esters is 2. The number of rotatable bonds is 5. The van der Waals surface area contributed by atoms with Crippen molar-refractivity contribution in [3.05, 3.63) is 24.8 Å². The quantitative estimate of drug-likeness (QED) is 0.230. The first-order valence-corrected chi connectivity index (χ1v) is 7.78. The summed E-state index contributed by atoms with van der Waals surface area (Å²) in [6.45, 7) is 0. The molecule has 0 bridgehead atoms. The van der Waals surface area contributed by atoms with E-state index in [1.54, 1.807) is 22.6 Å². The minimum absolute atomic E-state index is 0.0409. The van der Waals surface area contributed by atoms with Crippen molar-refractivity contribution in [3.8, 4) is 5.75 Å². The van der Waals surface area contributed by atoms with Crippen molar-refractivity contribution < 1.29 is 46.5 Å². The molecule has 0 aliphatic carbocycles. The largest absolute Gasteiger partial charge is 0.544 e. The number of carbonyl (C=O) groups is 3. The first-order valence-electron chi connectivity index (χ1n) is 5.63. The molecule has 0 saturated carbocycles. The summed E-state index contributed by atoms with van der Waals surface area (Å²) in [4.78, 5) is 33.1. The van der Waals surface area contributed by atoms with Crippen molar-refractivity contribution in [1.29, 1.82) is 0 Å². The zero-order valence-corrected chi connectivity index (χ0v) is 15.7. The van der Waals surface area contributed by atoms with Crippen LogP contribution in [0.4, 0.5) is 17.6 Å². The lowest BCUT2D eigenvalue weighted by molar-refractivity contribution is -0.346. The molecule has 1 rings (SSSR count). The lowest BCUT2D eigenvalue weighted by Gasteiger charge is -2.25. The average Bonchev–Trinajstić information content (AvgIpc) is 2.48. The van der Waals surface area contributed by atoms with E-state index in [4.69, 9.17) is 0 Å². The van der Waals surface area contributed by atoms with Gasteiger partial charge >= 0.3 is 23.8 Å².